The van der Waals surface area contributed by atoms with Crippen LogP contribution in [0.1, 0.15) is 142 Å². The standard InChI is InChI=1S/C27H58N.BrH/c1-6-8-10-12-14-16-17-19-21-23-25-27(26-28(3,4)5)24-22-20-18-15-13-11-9-7-2;/h27H,6-26H2,1-5H3;1H/q+1;/p-1. The van der Waals surface area contributed by atoms with Gasteiger partial charge in [-0.2, -0.15) is 0 Å². The van der Waals surface area contributed by atoms with Gasteiger partial charge in [0.1, 0.15) is 0 Å². The Hall–Kier alpha value is 0.440. The molecule has 178 valence electrons. The predicted molar refractivity (Wildman–Crippen MR) is 130 cm³/mol. The summed E-state index contributed by atoms with van der Waals surface area (Å²) in [5.74, 6) is 0.953. The van der Waals surface area contributed by atoms with Crippen molar-refractivity contribution in [1.82, 2.24) is 0 Å². The van der Waals surface area contributed by atoms with Crippen LogP contribution in [0.5, 0.6) is 0 Å². The molecule has 0 aliphatic carbocycles. The van der Waals surface area contributed by atoms with Gasteiger partial charge in [-0.3, -0.25) is 0 Å². The monoisotopic (exact) mass is 475 g/mol. The van der Waals surface area contributed by atoms with Gasteiger partial charge in [0, 0.05) is 5.92 Å². The van der Waals surface area contributed by atoms with Crippen LogP contribution in [-0.4, -0.2) is 32.2 Å². The summed E-state index contributed by atoms with van der Waals surface area (Å²) >= 11 is 0. The smallest absolute Gasteiger partial charge is 0.0809 e. The fourth-order valence-electron chi connectivity index (χ4n) is 4.59. The highest BCUT2D eigenvalue weighted by Crippen LogP contribution is 2.21. The molecule has 0 rings (SSSR count). The summed E-state index contributed by atoms with van der Waals surface area (Å²) < 4.78 is 1.14. The molecule has 0 saturated carbocycles. The lowest BCUT2D eigenvalue weighted by Crippen LogP contribution is -3.00. The average molecular weight is 477 g/mol. The maximum absolute atomic E-state index is 2.37. The summed E-state index contributed by atoms with van der Waals surface area (Å²) in [6.07, 6.45) is 29.1. The summed E-state index contributed by atoms with van der Waals surface area (Å²) in [5.41, 5.74) is 0. The molecule has 0 amide bonds. The third-order valence-electron chi connectivity index (χ3n) is 6.24. The van der Waals surface area contributed by atoms with Gasteiger partial charge in [0.25, 0.3) is 0 Å². The summed E-state index contributed by atoms with van der Waals surface area (Å²) in [6, 6.07) is 0. The Morgan fingerprint density at radius 3 is 1.00 bits per heavy atom. The Morgan fingerprint density at radius 1 is 0.448 bits per heavy atom. The summed E-state index contributed by atoms with van der Waals surface area (Å²) in [7, 11) is 7.12. The van der Waals surface area contributed by atoms with E-state index in [2.05, 4.69) is 35.0 Å². The molecule has 1 nitrogen and oxygen atoms in total. The second kappa shape index (κ2) is 23.1. The molecule has 0 aliphatic rings. The molecule has 29 heavy (non-hydrogen) atoms. The van der Waals surface area contributed by atoms with Crippen LogP contribution >= 0.6 is 0 Å². The van der Waals surface area contributed by atoms with Crippen molar-refractivity contribution < 1.29 is 21.5 Å². The molecule has 0 aromatic heterocycles. The maximum atomic E-state index is 2.37. The summed E-state index contributed by atoms with van der Waals surface area (Å²) in [4.78, 5) is 0. The lowest BCUT2D eigenvalue weighted by atomic mass is 9.93. The Morgan fingerprint density at radius 2 is 0.724 bits per heavy atom. The Bertz CT molecular complexity index is 297. The molecule has 0 aromatic rings. The Balaban J connectivity index is 0. The largest absolute Gasteiger partial charge is 1.00 e. The van der Waals surface area contributed by atoms with Crippen molar-refractivity contribution in [1.29, 1.82) is 0 Å². The van der Waals surface area contributed by atoms with E-state index in [0.29, 0.717) is 0 Å². The number of halogens is 1. The lowest BCUT2D eigenvalue weighted by molar-refractivity contribution is -0.874. The van der Waals surface area contributed by atoms with Gasteiger partial charge in [-0.15, -0.1) is 0 Å². The SMILES string of the molecule is CCCCCCCCCCCCC(CCCCCCCCCC)C[N+](C)(C)C.[Br-]. The third-order valence-corrected chi connectivity index (χ3v) is 6.24. The molecule has 0 heterocycles. The minimum atomic E-state index is 0. The fraction of sp³-hybridized carbons (Fsp3) is 1.00. The summed E-state index contributed by atoms with van der Waals surface area (Å²) in [5, 5.41) is 0. The first kappa shape index (κ1) is 31.6. The molecule has 0 bridgehead atoms. The Kier molecular flexibility index (Phi) is 25.2. The van der Waals surface area contributed by atoms with Gasteiger partial charge < -0.3 is 21.5 Å². The van der Waals surface area contributed by atoms with Crippen LogP contribution in [0.3, 0.4) is 0 Å². The zero-order chi connectivity index (χ0) is 20.9. The highest BCUT2D eigenvalue weighted by molar-refractivity contribution is 4.61. The molecule has 0 radical (unpaired) electrons. The normalized spacial score (nSPS) is 12.7. The molecule has 0 aliphatic heterocycles. The van der Waals surface area contributed by atoms with Crippen LogP contribution in [0, 0.1) is 5.92 Å². The molecule has 0 saturated heterocycles. The van der Waals surface area contributed by atoms with Crippen LogP contribution in [0.4, 0.5) is 0 Å². The van der Waals surface area contributed by atoms with E-state index in [1.807, 2.05) is 0 Å². The number of quaternary nitrogens is 1. The first-order valence-corrected chi connectivity index (χ1v) is 13.3. The molecule has 0 N–H and O–H groups in total. The average Bonchev–Trinajstić information content (AvgIpc) is 2.64. The van der Waals surface area contributed by atoms with E-state index in [1.165, 1.54) is 135 Å². The quantitative estimate of drug-likeness (QED) is 0.130. The molecule has 0 fully saturated rings. The zero-order valence-corrected chi connectivity index (χ0v) is 22.8. The molecular formula is C27H58BrN. The number of nitrogens with zero attached hydrogens (tertiary/aromatic N) is 1. The van der Waals surface area contributed by atoms with E-state index in [9.17, 15) is 0 Å². The van der Waals surface area contributed by atoms with Gasteiger partial charge in [-0.25, -0.2) is 0 Å². The van der Waals surface area contributed by atoms with Crippen LogP contribution in [-0.2, 0) is 0 Å². The molecule has 0 spiro atoms. The van der Waals surface area contributed by atoms with Gasteiger partial charge in [-0.05, 0) is 12.8 Å². The molecular weight excluding hydrogens is 418 g/mol. The van der Waals surface area contributed by atoms with Crippen molar-refractivity contribution >= 4 is 0 Å². The van der Waals surface area contributed by atoms with Crippen molar-refractivity contribution in [3.05, 3.63) is 0 Å². The van der Waals surface area contributed by atoms with E-state index in [0.717, 1.165) is 10.4 Å². The number of hydrogen-bond donors (Lipinski definition) is 0. The second-order valence-electron chi connectivity index (χ2n) is 10.6. The fourth-order valence-corrected chi connectivity index (χ4v) is 4.59. The first-order chi connectivity index (χ1) is 13.5. The van der Waals surface area contributed by atoms with E-state index in [4.69, 9.17) is 0 Å². The van der Waals surface area contributed by atoms with Crippen LogP contribution in [0.15, 0.2) is 0 Å². The van der Waals surface area contributed by atoms with Crippen LogP contribution in [0.25, 0.3) is 0 Å². The van der Waals surface area contributed by atoms with Gasteiger partial charge in [0.15, 0.2) is 0 Å². The van der Waals surface area contributed by atoms with Crippen LogP contribution < -0.4 is 17.0 Å². The van der Waals surface area contributed by atoms with E-state index in [-0.39, 0.29) is 17.0 Å². The number of rotatable bonds is 22. The maximum Gasteiger partial charge on any atom is 0.0809 e. The predicted octanol–water partition coefficient (Wildman–Crippen LogP) is 6.15. The van der Waals surface area contributed by atoms with Gasteiger partial charge >= 0.3 is 0 Å². The van der Waals surface area contributed by atoms with Crippen molar-refractivity contribution in [2.75, 3.05) is 27.7 Å². The van der Waals surface area contributed by atoms with E-state index in [1.54, 1.807) is 0 Å². The third kappa shape index (κ3) is 26.4. The van der Waals surface area contributed by atoms with Crippen LogP contribution in [0.2, 0.25) is 0 Å². The molecule has 1 atom stereocenters. The van der Waals surface area contributed by atoms with Crippen molar-refractivity contribution in [2.24, 2.45) is 5.92 Å². The van der Waals surface area contributed by atoms with Gasteiger partial charge in [0.05, 0.1) is 27.7 Å². The van der Waals surface area contributed by atoms with Crippen molar-refractivity contribution in [3.8, 4) is 0 Å². The zero-order valence-electron chi connectivity index (χ0n) is 21.3. The number of unbranched alkanes of at least 4 members (excludes halogenated alkanes) is 16. The second-order valence-corrected chi connectivity index (χ2v) is 10.6. The molecule has 2 heteroatoms. The van der Waals surface area contributed by atoms with E-state index >= 15 is 0 Å². The lowest BCUT2D eigenvalue weighted by Gasteiger charge is -2.29. The van der Waals surface area contributed by atoms with Gasteiger partial charge in [-0.1, -0.05) is 129 Å². The van der Waals surface area contributed by atoms with Gasteiger partial charge in [0.2, 0.25) is 0 Å². The minimum absolute atomic E-state index is 0. The van der Waals surface area contributed by atoms with E-state index < -0.39 is 0 Å². The van der Waals surface area contributed by atoms with Crippen molar-refractivity contribution in [2.45, 2.75) is 142 Å². The summed E-state index contributed by atoms with van der Waals surface area (Å²) in [6.45, 7) is 5.98. The molecule has 1 unspecified atom stereocenters. The number of hydrogen-bond acceptors (Lipinski definition) is 0. The highest BCUT2D eigenvalue weighted by Gasteiger charge is 2.17. The van der Waals surface area contributed by atoms with Crippen molar-refractivity contribution in [3.63, 3.8) is 0 Å². The Labute approximate surface area is 197 Å². The highest BCUT2D eigenvalue weighted by atomic mass is 79.9. The molecule has 0 aromatic carbocycles. The topological polar surface area (TPSA) is 0 Å². The first-order valence-electron chi connectivity index (χ1n) is 13.3. The minimum Gasteiger partial charge on any atom is -1.00 e.